The van der Waals surface area contributed by atoms with Gasteiger partial charge in [0.25, 0.3) is 5.88 Å². The minimum absolute atomic E-state index is 0.0455. The van der Waals surface area contributed by atoms with Crippen molar-refractivity contribution < 1.29 is 8.83 Å². The largest absolute Gasteiger partial charge is 0.463 e. The van der Waals surface area contributed by atoms with Crippen molar-refractivity contribution in [2.24, 2.45) is 5.10 Å². The lowest BCUT2D eigenvalue weighted by Gasteiger charge is -1.98. The van der Waals surface area contributed by atoms with Crippen molar-refractivity contribution in [1.82, 2.24) is 4.98 Å². The van der Waals surface area contributed by atoms with Crippen molar-refractivity contribution in [2.75, 3.05) is 5.43 Å². The van der Waals surface area contributed by atoms with E-state index in [4.69, 9.17) is 14.1 Å². The summed E-state index contributed by atoms with van der Waals surface area (Å²) in [7, 11) is 0. The molecule has 0 aliphatic heterocycles. The second-order valence-corrected chi connectivity index (χ2v) is 5.38. The summed E-state index contributed by atoms with van der Waals surface area (Å²) in [6.45, 7) is 3.81. The van der Waals surface area contributed by atoms with E-state index in [2.05, 4.69) is 15.5 Å². The van der Waals surface area contributed by atoms with Gasteiger partial charge in [0, 0.05) is 5.92 Å². The molecule has 0 fully saturated rings. The highest BCUT2D eigenvalue weighted by Gasteiger charge is 2.14. The van der Waals surface area contributed by atoms with Crippen LogP contribution in [-0.4, -0.2) is 11.2 Å². The maximum absolute atomic E-state index is 12.3. The van der Waals surface area contributed by atoms with E-state index < -0.39 is 0 Å². The Bertz CT molecular complexity index is 1010. The number of anilines is 1. The van der Waals surface area contributed by atoms with E-state index in [1.54, 1.807) is 24.3 Å². The number of aromatic nitrogens is 1. The predicted molar refractivity (Wildman–Crippen MR) is 89.0 cm³/mol. The van der Waals surface area contributed by atoms with Crippen molar-refractivity contribution in [3.63, 3.8) is 0 Å². The number of fused-ring (bicyclic) bond motifs is 1. The van der Waals surface area contributed by atoms with Crippen molar-refractivity contribution in [3.8, 4) is 6.07 Å². The van der Waals surface area contributed by atoms with E-state index in [1.807, 2.05) is 19.9 Å². The SMILES string of the molecule is CC(C)c1nc(C#N)c(NN=Cc2coc3ccccc3c2=O)o1. The van der Waals surface area contributed by atoms with Crippen molar-refractivity contribution in [2.45, 2.75) is 19.8 Å². The average Bonchev–Trinajstić information content (AvgIpc) is 3.01. The van der Waals surface area contributed by atoms with Crippen LogP contribution in [0.3, 0.4) is 0 Å². The molecule has 0 spiro atoms. The second kappa shape index (κ2) is 6.38. The summed E-state index contributed by atoms with van der Waals surface area (Å²) in [5, 5.41) is 13.5. The fraction of sp³-hybridized carbons (Fsp3) is 0.176. The van der Waals surface area contributed by atoms with Crippen LogP contribution in [0.2, 0.25) is 0 Å². The first-order valence-corrected chi connectivity index (χ1v) is 7.30. The van der Waals surface area contributed by atoms with Crippen LogP contribution in [0.1, 0.15) is 36.9 Å². The molecule has 0 radical (unpaired) electrons. The zero-order valence-electron chi connectivity index (χ0n) is 13.1. The molecule has 3 aromatic rings. The molecule has 2 aromatic heterocycles. The Kier molecular flexibility index (Phi) is 4.12. The molecule has 2 heterocycles. The first-order valence-electron chi connectivity index (χ1n) is 7.30. The van der Waals surface area contributed by atoms with Gasteiger partial charge in [-0.05, 0) is 12.1 Å². The van der Waals surface area contributed by atoms with E-state index in [0.29, 0.717) is 16.9 Å². The quantitative estimate of drug-likeness (QED) is 0.584. The summed E-state index contributed by atoms with van der Waals surface area (Å²) in [6.07, 6.45) is 2.65. The topological polar surface area (TPSA) is 104 Å². The van der Waals surface area contributed by atoms with Gasteiger partial charge in [-0.25, -0.2) is 10.4 Å². The predicted octanol–water partition coefficient (Wildman–Crippen LogP) is 3.22. The fourth-order valence-corrected chi connectivity index (χ4v) is 2.08. The van der Waals surface area contributed by atoms with Crippen molar-refractivity contribution in [3.05, 3.63) is 57.9 Å². The molecule has 0 amide bonds. The van der Waals surface area contributed by atoms with Crippen LogP contribution >= 0.6 is 0 Å². The highest BCUT2D eigenvalue weighted by molar-refractivity contribution is 5.86. The number of nitrogens with zero attached hydrogens (tertiary/aromatic N) is 3. The zero-order valence-corrected chi connectivity index (χ0v) is 13.1. The number of para-hydroxylation sites is 1. The van der Waals surface area contributed by atoms with Crippen LogP contribution in [0, 0.1) is 11.3 Å². The van der Waals surface area contributed by atoms with Gasteiger partial charge in [-0.2, -0.15) is 10.4 Å². The Morgan fingerprint density at radius 2 is 2.17 bits per heavy atom. The van der Waals surface area contributed by atoms with Crippen LogP contribution in [0.5, 0.6) is 0 Å². The molecule has 3 rings (SSSR count). The van der Waals surface area contributed by atoms with E-state index in [9.17, 15) is 4.79 Å². The van der Waals surface area contributed by atoms with Crippen LogP contribution in [0.25, 0.3) is 11.0 Å². The lowest BCUT2D eigenvalue weighted by molar-refractivity contribution is 0.481. The summed E-state index contributed by atoms with van der Waals surface area (Å²) >= 11 is 0. The lowest BCUT2D eigenvalue weighted by atomic mass is 10.2. The van der Waals surface area contributed by atoms with Gasteiger partial charge in [-0.1, -0.05) is 26.0 Å². The highest BCUT2D eigenvalue weighted by atomic mass is 16.4. The van der Waals surface area contributed by atoms with Gasteiger partial charge < -0.3 is 8.83 Å². The van der Waals surface area contributed by atoms with Crippen LogP contribution in [0.15, 0.2) is 49.3 Å². The molecular weight excluding hydrogens is 308 g/mol. The second-order valence-electron chi connectivity index (χ2n) is 5.38. The third-order valence-corrected chi connectivity index (χ3v) is 3.32. The van der Waals surface area contributed by atoms with Gasteiger partial charge in [0.2, 0.25) is 17.0 Å². The molecule has 1 N–H and O–H groups in total. The maximum atomic E-state index is 12.3. The van der Waals surface area contributed by atoms with E-state index in [1.165, 1.54) is 12.5 Å². The molecule has 7 nitrogen and oxygen atoms in total. The van der Waals surface area contributed by atoms with Crippen LogP contribution in [0.4, 0.5) is 5.88 Å². The standard InChI is InChI=1S/C17H14N4O3/c1-10(2)16-20-13(7-18)17(24-16)21-19-8-11-9-23-14-6-4-3-5-12(14)15(11)22/h3-6,8-10,21H,1-2H3. The van der Waals surface area contributed by atoms with Crippen molar-refractivity contribution >= 4 is 23.1 Å². The van der Waals surface area contributed by atoms with E-state index in [0.717, 1.165) is 0 Å². The third-order valence-electron chi connectivity index (χ3n) is 3.32. The molecule has 24 heavy (non-hydrogen) atoms. The number of benzene rings is 1. The molecule has 7 heteroatoms. The molecule has 0 aliphatic rings. The van der Waals surface area contributed by atoms with E-state index >= 15 is 0 Å². The molecule has 0 unspecified atom stereocenters. The number of rotatable bonds is 4. The highest BCUT2D eigenvalue weighted by Crippen LogP contribution is 2.21. The molecule has 0 bridgehead atoms. The zero-order chi connectivity index (χ0) is 17.1. The summed E-state index contributed by atoms with van der Waals surface area (Å²) in [5.74, 6) is 0.626. The Balaban J connectivity index is 1.86. The van der Waals surface area contributed by atoms with Crippen LogP contribution in [-0.2, 0) is 0 Å². The number of nitriles is 1. The molecule has 0 atom stereocenters. The summed E-state index contributed by atoms with van der Waals surface area (Å²) in [4.78, 5) is 16.4. The van der Waals surface area contributed by atoms with Gasteiger partial charge in [0.1, 0.15) is 17.9 Å². The van der Waals surface area contributed by atoms with Crippen molar-refractivity contribution in [1.29, 1.82) is 5.26 Å². The Morgan fingerprint density at radius 3 is 2.92 bits per heavy atom. The first-order chi connectivity index (χ1) is 11.6. The number of hydrogen-bond acceptors (Lipinski definition) is 7. The smallest absolute Gasteiger partial charge is 0.252 e. The summed E-state index contributed by atoms with van der Waals surface area (Å²) in [5.41, 5.74) is 3.31. The van der Waals surface area contributed by atoms with E-state index in [-0.39, 0.29) is 28.5 Å². The first kappa shape index (κ1) is 15.5. The average molecular weight is 322 g/mol. The van der Waals surface area contributed by atoms with Gasteiger partial charge in [-0.3, -0.25) is 4.79 Å². The molecular formula is C17H14N4O3. The molecule has 1 aromatic carbocycles. The van der Waals surface area contributed by atoms with Crippen LogP contribution < -0.4 is 10.9 Å². The number of hydrogen-bond donors (Lipinski definition) is 1. The Labute approximate surface area is 137 Å². The monoisotopic (exact) mass is 322 g/mol. The molecule has 0 aliphatic carbocycles. The molecule has 0 saturated carbocycles. The van der Waals surface area contributed by atoms with Gasteiger partial charge in [0.05, 0.1) is 17.2 Å². The fourth-order valence-electron chi connectivity index (χ4n) is 2.08. The summed E-state index contributed by atoms with van der Waals surface area (Å²) < 4.78 is 10.8. The number of oxazole rings is 1. The molecule has 0 saturated heterocycles. The summed E-state index contributed by atoms with van der Waals surface area (Å²) in [6, 6.07) is 8.89. The third kappa shape index (κ3) is 2.90. The lowest BCUT2D eigenvalue weighted by Crippen LogP contribution is -2.08. The molecule has 120 valence electrons. The maximum Gasteiger partial charge on any atom is 0.252 e. The Morgan fingerprint density at radius 1 is 1.38 bits per heavy atom. The number of nitrogens with one attached hydrogen (secondary N) is 1. The van der Waals surface area contributed by atoms with Gasteiger partial charge in [0.15, 0.2) is 0 Å². The van der Waals surface area contributed by atoms with Gasteiger partial charge in [-0.15, -0.1) is 0 Å². The van der Waals surface area contributed by atoms with Gasteiger partial charge >= 0.3 is 0 Å². The Hall–Kier alpha value is -3.40. The minimum Gasteiger partial charge on any atom is -0.463 e. The normalized spacial score (nSPS) is 11.2. The number of hydrazone groups is 1. The minimum atomic E-state index is -0.191.